The van der Waals surface area contributed by atoms with Crippen LogP contribution in [0.4, 0.5) is 10.1 Å². The van der Waals surface area contributed by atoms with Crippen LogP contribution in [0.15, 0.2) is 18.2 Å². The summed E-state index contributed by atoms with van der Waals surface area (Å²) in [4.78, 5) is 0. The molecule has 0 radical (unpaired) electrons. The lowest BCUT2D eigenvalue weighted by Crippen LogP contribution is -2.20. The molecule has 3 nitrogen and oxygen atoms in total. The maximum absolute atomic E-state index is 13.6. The molecule has 19 heavy (non-hydrogen) atoms. The maximum atomic E-state index is 13.6. The number of rotatable bonds is 5. The standard InChI is InChI=1S/C15H19FN2O/c16-14-10-12(11-17)6-7-15(14)18-8-9-19-13-4-2-1-3-5-13/h6-7,10,13,18H,1-5,8-9H2. The number of halogens is 1. The number of nitrogens with zero attached hydrogens (tertiary/aromatic N) is 1. The number of nitrogens with one attached hydrogen (secondary N) is 1. The Morgan fingerprint density at radius 2 is 2.11 bits per heavy atom. The van der Waals surface area contributed by atoms with Crippen LogP contribution in [0.5, 0.6) is 0 Å². The Hall–Kier alpha value is -1.60. The molecule has 0 saturated heterocycles. The van der Waals surface area contributed by atoms with Crippen molar-refractivity contribution in [1.82, 2.24) is 0 Å². The van der Waals surface area contributed by atoms with Gasteiger partial charge < -0.3 is 10.1 Å². The predicted molar refractivity (Wildman–Crippen MR) is 72.4 cm³/mol. The largest absolute Gasteiger partial charge is 0.380 e. The summed E-state index contributed by atoms with van der Waals surface area (Å²) in [5, 5.41) is 11.6. The molecule has 0 unspecified atom stereocenters. The second-order valence-electron chi connectivity index (χ2n) is 4.86. The summed E-state index contributed by atoms with van der Waals surface area (Å²) >= 11 is 0. The molecule has 1 aromatic carbocycles. The topological polar surface area (TPSA) is 45.0 Å². The molecule has 0 spiro atoms. The smallest absolute Gasteiger partial charge is 0.147 e. The molecule has 0 atom stereocenters. The van der Waals surface area contributed by atoms with Crippen molar-refractivity contribution in [1.29, 1.82) is 5.26 Å². The number of nitriles is 1. The molecule has 0 aromatic heterocycles. The number of benzene rings is 1. The Kier molecular flexibility index (Phi) is 5.17. The minimum atomic E-state index is -0.392. The van der Waals surface area contributed by atoms with E-state index in [1.165, 1.54) is 25.3 Å². The first-order valence-electron chi connectivity index (χ1n) is 6.85. The van der Waals surface area contributed by atoms with Crippen molar-refractivity contribution in [2.45, 2.75) is 38.2 Å². The summed E-state index contributed by atoms with van der Waals surface area (Å²) in [6.07, 6.45) is 6.48. The van der Waals surface area contributed by atoms with Gasteiger partial charge in [-0.1, -0.05) is 19.3 Å². The van der Waals surface area contributed by atoms with Crippen molar-refractivity contribution < 1.29 is 9.13 Å². The van der Waals surface area contributed by atoms with E-state index in [9.17, 15) is 4.39 Å². The molecule has 0 amide bonds. The molecule has 1 saturated carbocycles. The van der Waals surface area contributed by atoms with Crippen LogP contribution in [0.1, 0.15) is 37.7 Å². The lowest BCUT2D eigenvalue weighted by Gasteiger charge is -2.22. The summed E-state index contributed by atoms with van der Waals surface area (Å²) in [5.74, 6) is -0.392. The van der Waals surface area contributed by atoms with E-state index in [-0.39, 0.29) is 0 Å². The zero-order valence-electron chi connectivity index (χ0n) is 11.0. The number of hydrogen-bond acceptors (Lipinski definition) is 3. The first-order chi connectivity index (χ1) is 9.29. The van der Waals surface area contributed by atoms with Crippen molar-refractivity contribution >= 4 is 5.69 Å². The van der Waals surface area contributed by atoms with Gasteiger partial charge in [0.2, 0.25) is 0 Å². The highest BCUT2D eigenvalue weighted by Gasteiger charge is 2.13. The molecule has 1 N–H and O–H groups in total. The minimum Gasteiger partial charge on any atom is -0.380 e. The van der Waals surface area contributed by atoms with Gasteiger partial charge in [0.15, 0.2) is 0 Å². The van der Waals surface area contributed by atoms with Gasteiger partial charge in [0.25, 0.3) is 0 Å². The second kappa shape index (κ2) is 7.10. The van der Waals surface area contributed by atoms with E-state index in [4.69, 9.17) is 10.00 Å². The van der Waals surface area contributed by atoms with Crippen molar-refractivity contribution in [3.05, 3.63) is 29.6 Å². The lowest BCUT2D eigenvalue weighted by molar-refractivity contribution is 0.0347. The van der Waals surface area contributed by atoms with Gasteiger partial charge in [0.05, 0.1) is 30.0 Å². The summed E-state index contributed by atoms with van der Waals surface area (Å²) in [6, 6.07) is 6.35. The van der Waals surface area contributed by atoms with E-state index in [2.05, 4.69) is 5.32 Å². The van der Waals surface area contributed by atoms with Crippen molar-refractivity contribution in [2.24, 2.45) is 0 Å². The van der Waals surface area contributed by atoms with Gasteiger partial charge in [-0.15, -0.1) is 0 Å². The van der Waals surface area contributed by atoms with Crippen molar-refractivity contribution in [2.75, 3.05) is 18.5 Å². The number of hydrogen-bond donors (Lipinski definition) is 1. The normalized spacial score (nSPS) is 16.0. The molecule has 2 rings (SSSR count). The third kappa shape index (κ3) is 4.22. The number of anilines is 1. The molecule has 1 aliphatic rings. The zero-order chi connectivity index (χ0) is 13.5. The van der Waals surface area contributed by atoms with Crippen molar-refractivity contribution in [3.63, 3.8) is 0 Å². The Balaban J connectivity index is 1.72. The Morgan fingerprint density at radius 3 is 2.79 bits per heavy atom. The fraction of sp³-hybridized carbons (Fsp3) is 0.533. The van der Waals surface area contributed by atoms with Gasteiger partial charge in [-0.2, -0.15) is 5.26 Å². The zero-order valence-corrected chi connectivity index (χ0v) is 11.0. The molecular weight excluding hydrogens is 243 g/mol. The monoisotopic (exact) mass is 262 g/mol. The summed E-state index contributed by atoms with van der Waals surface area (Å²) in [7, 11) is 0. The van der Waals surface area contributed by atoms with Gasteiger partial charge in [0, 0.05) is 6.54 Å². The first-order valence-corrected chi connectivity index (χ1v) is 6.85. The van der Waals surface area contributed by atoms with E-state index in [0.717, 1.165) is 12.8 Å². The molecule has 0 heterocycles. The van der Waals surface area contributed by atoms with Crippen LogP contribution in [-0.2, 0) is 4.74 Å². The van der Waals surface area contributed by atoms with E-state index < -0.39 is 5.82 Å². The van der Waals surface area contributed by atoms with Crippen LogP contribution in [0.3, 0.4) is 0 Å². The Bertz CT molecular complexity index is 450. The van der Waals surface area contributed by atoms with Crippen LogP contribution in [0.2, 0.25) is 0 Å². The van der Waals surface area contributed by atoms with Gasteiger partial charge in [-0.3, -0.25) is 0 Å². The quantitative estimate of drug-likeness (QED) is 0.826. The van der Waals surface area contributed by atoms with Gasteiger partial charge in [0.1, 0.15) is 5.82 Å². The second-order valence-corrected chi connectivity index (χ2v) is 4.86. The minimum absolute atomic E-state index is 0.335. The molecule has 0 aliphatic heterocycles. The van der Waals surface area contributed by atoms with Crippen LogP contribution in [-0.4, -0.2) is 19.3 Å². The highest BCUT2D eigenvalue weighted by atomic mass is 19.1. The molecule has 1 aromatic rings. The highest BCUT2D eigenvalue weighted by Crippen LogP contribution is 2.20. The molecule has 4 heteroatoms. The fourth-order valence-electron chi connectivity index (χ4n) is 2.37. The van der Waals surface area contributed by atoms with E-state index in [1.807, 2.05) is 6.07 Å². The predicted octanol–water partition coefficient (Wildman–Crippen LogP) is 3.46. The average Bonchev–Trinajstić information content (AvgIpc) is 2.46. The van der Waals surface area contributed by atoms with Gasteiger partial charge in [-0.05, 0) is 31.0 Å². The summed E-state index contributed by atoms with van der Waals surface area (Å²) in [5.41, 5.74) is 0.757. The molecule has 0 bridgehead atoms. The third-order valence-electron chi connectivity index (χ3n) is 3.42. The Morgan fingerprint density at radius 1 is 1.32 bits per heavy atom. The summed E-state index contributed by atoms with van der Waals surface area (Å²) < 4.78 is 19.3. The van der Waals surface area contributed by atoms with Gasteiger partial charge in [-0.25, -0.2) is 4.39 Å². The van der Waals surface area contributed by atoms with E-state index in [1.54, 1.807) is 12.1 Å². The van der Waals surface area contributed by atoms with E-state index >= 15 is 0 Å². The third-order valence-corrected chi connectivity index (χ3v) is 3.42. The first kappa shape index (κ1) is 13.8. The van der Waals surface area contributed by atoms with Crippen LogP contribution in [0, 0.1) is 17.1 Å². The average molecular weight is 262 g/mol. The molecule has 1 aliphatic carbocycles. The van der Waals surface area contributed by atoms with Crippen LogP contribution < -0.4 is 5.32 Å². The van der Waals surface area contributed by atoms with Crippen molar-refractivity contribution in [3.8, 4) is 6.07 Å². The molecule has 102 valence electrons. The number of ether oxygens (including phenoxy) is 1. The Labute approximate surface area is 113 Å². The maximum Gasteiger partial charge on any atom is 0.147 e. The molecule has 1 fully saturated rings. The fourth-order valence-corrected chi connectivity index (χ4v) is 2.37. The summed E-state index contributed by atoms with van der Waals surface area (Å²) in [6.45, 7) is 1.17. The highest BCUT2D eigenvalue weighted by molar-refractivity contribution is 5.48. The lowest BCUT2D eigenvalue weighted by atomic mass is 9.98. The van der Waals surface area contributed by atoms with Gasteiger partial charge >= 0.3 is 0 Å². The van der Waals surface area contributed by atoms with Crippen LogP contribution in [0.25, 0.3) is 0 Å². The SMILES string of the molecule is N#Cc1ccc(NCCOC2CCCCC2)c(F)c1. The van der Waals surface area contributed by atoms with E-state index in [0.29, 0.717) is 30.5 Å². The van der Waals surface area contributed by atoms with Crippen LogP contribution >= 0.6 is 0 Å². The molecular formula is C15H19FN2O.